The first-order chi connectivity index (χ1) is 9.80. The third-order valence-corrected chi connectivity index (χ3v) is 4.96. The number of nitrogens with zero attached hydrogens (tertiary/aromatic N) is 2. The average Bonchev–Trinajstić information content (AvgIpc) is 2.99. The van der Waals surface area contributed by atoms with Gasteiger partial charge in [0.2, 0.25) is 0 Å². The van der Waals surface area contributed by atoms with E-state index < -0.39 is 5.60 Å². The number of aliphatic hydroxyl groups is 1. The van der Waals surface area contributed by atoms with Gasteiger partial charge in [-0.2, -0.15) is 0 Å². The zero-order valence-corrected chi connectivity index (χ0v) is 13.5. The number of hydrogen-bond donors (Lipinski definition) is 1. The van der Waals surface area contributed by atoms with E-state index in [2.05, 4.69) is 11.5 Å². The fourth-order valence-electron chi connectivity index (χ4n) is 3.79. The number of rotatable bonds is 3. The van der Waals surface area contributed by atoms with Crippen molar-refractivity contribution in [1.29, 1.82) is 0 Å². The monoisotopic (exact) mass is 290 g/mol. The molecule has 2 aliphatic rings. The number of carbonyl (C=O) groups is 1. The van der Waals surface area contributed by atoms with E-state index in [1.54, 1.807) is 13.8 Å². The zero-order valence-electron chi connectivity index (χ0n) is 13.5. The maximum Gasteiger partial charge on any atom is 0.256 e. The molecule has 4 heteroatoms. The first-order valence-electron chi connectivity index (χ1n) is 8.02. The Hall–Kier alpha value is -1.29. The molecule has 1 aliphatic heterocycles. The summed E-state index contributed by atoms with van der Waals surface area (Å²) in [4.78, 5) is 14.8. The van der Waals surface area contributed by atoms with Gasteiger partial charge in [0, 0.05) is 24.0 Å². The molecule has 0 bridgehead atoms. The van der Waals surface area contributed by atoms with Crippen molar-refractivity contribution in [3.63, 3.8) is 0 Å². The van der Waals surface area contributed by atoms with E-state index in [1.807, 2.05) is 17.9 Å². The Bertz CT molecular complexity index is 564. The first kappa shape index (κ1) is 14.6. The summed E-state index contributed by atoms with van der Waals surface area (Å²) < 4.78 is 2.31. The van der Waals surface area contributed by atoms with E-state index >= 15 is 0 Å². The molecule has 0 radical (unpaired) electrons. The van der Waals surface area contributed by atoms with Gasteiger partial charge in [-0.25, -0.2) is 0 Å². The van der Waals surface area contributed by atoms with Crippen LogP contribution in [0.3, 0.4) is 0 Å². The number of amides is 1. The number of aromatic nitrogens is 1. The van der Waals surface area contributed by atoms with Crippen LogP contribution in [0, 0.1) is 13.8 Å². The molecule has 2 fully saturated rings. The van der Waals surface area contributed by atoms with E-state index in [4.69, 9.17) is 0 Å². The van der Waals surface area contributed by atoms with Crippen LogP contribution in [-0.4, -0.2) is 38.7 Å². The van der Waals surface area contributed by atoms with E-state index in [9.17, 15) is 9.90 Å². The maximum absolute atomic E-state index is 12.9. The number of carbonyl (C=O) groups excluding carboxylic acids is 1. The Labute approximate surface area is 126 Å². The van der Waals surface area contributed by atoms with Crippen LogP contribution in [0.15, 0.2) is 6.07 Å². The van der Waals surface area contributed by atoms with Gasteiger partial charge in [0.25, 0.3) is 5.91 Å². The summed E-state index contributed by atoms with van der Waals surface area (Å²) in [6.07, 6.45) is 4.30. The highest BCUT2D eigenvalue weighted by Gasteiger charge is 2.40. The minimum absolute atomic E-state index is 0.0750. The third kappa shape index (κ3) is 2.50. The lowest BCUT2D eigenvalue weighted by Crippen LogP contribution is -2.48. The molecule has 1 atom stereocenters. The molecular weight excluding hydrogens is 264 g/mol. The molecule has 4 nitrogen and oxygen atoms in total. The highest BCUT2D eigenvalue weighted by atomic mass is 16.3. The quantitative estimate of drug-likeness (QED) is 0.930. The van der Waals surface area contributed by atoms with E-state index in [0.29, 0.717) is 6.04 Å². The Morgan fingerprint density at radius 3 is 2.52 bits per heavy atom. The summed E-state index contributed by atoms with van der Waals surface area (Å²) in [6.45, 7) is 8.49. The van der Waals surface area contributed by atoms with Crippen molar-refractivity contribution in [2.24, 2.45) is 0 Å². The smallest absolute Gasteiger partial charge is 0.256 e. The van der Waals surface area contributed by atoms with E-state index in [-0.39, 0.29) is 11.9 Å². The SMILES string of the molecule is Cc1cc(C(=O)N2CCCC2C(C)(C)O)c(C)n1C1CC1. The fourth-order valence-corrected chi connectivity index (χ4v) is 3.79. The predicted octanol–water partition coefficient (Wildman–Crippen LogP) is 2.82. The molecule has 0 aromatic carbocycles. The minimum atomic E-state index is -0.839. The van der Waals surface area contributed by atoms with Crippen molar-refractivity contribution in [2.75, 3.05) is 6.54 Å². The summed E-state index contributed by atoms with van der Waals surface area (Å²) in [5.41, 5.74) is 2.24. The van der Waals surface area contributed by atoms with Crippen molar-refractivity contribution < 1.29 is 9.90 Å². The zero-order chi connectivity index (χ0) is 15.4. The van der Waals surface area contributed by atoms with Crippen LogP contribution in [0.2, 0.25) is 0 Å². The molecule has 1 amide bonds. The number of likely N-dealkylation sites (tertiary alicyclic amines) is 1. The van der Waals surface area contributed by atoms with Crippen LogP contribution >= 0.6 is 0 Å². The van der Waals surface area contributed by atoms with Gasteiger partial charge in [-0.1, -0.05) is 0 Å². The van der Waals surface area contributed by atoms with Crippen molar-refractivity contribution >= 4 is 5.91 Å². The maximum atomic E-state index is 12.9. The first-order valence-corrected chi connectivity index (χ1v) is 8.02. The van der Waals surface area contributed by atoms with E-state index in [1.165, 1.54) is 18.5 Å². The number of aryl methyl sites for hydroxylation is 1. The standard InChI is InChI=1S/C17H26N2O2/c1-11-10-14(12(2)19(11)13-7-8-13)16(20)18-9-5-6-15(18)17(3,4)21/h10,13,15,21H,5-9H2,1-4H3. The van der Waals surface area contributed by atoms with Crippen LogP contribution in [-0.2, 0) is 0 Å². The van der Waals surface area contributed by atoms with Gasteiger partial charge in [-0.3, -0.25) is 4.79 Å². The van der Waals surface area contributed by atoms with Gasteiger partial charge in [0.15, 0.2) is 0 Å². The Kier molecular flexibility index (Phi) is 3.40. The summed E-state index contributed by atoms with van der Waals surface area (Å²) in [7, 11) is 0. The van der Waals surface area contributed by atoms with Crippen LogP contribution in [0.4, 0.5) is 0 Å². The summed E-state index contributed by atoms with van der Waals surface area (Å²) in [6, 6.07) is 2.54. The highest BCUT2D eigenvalue weighted by Crippen LogP contribution is 2.39. The molecule has 3 rings (SSSR count). The van der Waals surface area contributed by atoms with Gasteiger partial charge in [0.05, 0.1) is 17.2 Å². The Balaban J connectivity index is 1.90. The topological polar surface area (TPSA) is 45.5 Å². The number of hydrogen-bond acceptors (Lipinski definition) is 2. The van der Waals surface area contributed by atoms with Crippen LogP contribution in [0.1, 0.15) is 67.3 Å². The summed E-state index contributed by atoms with van der Waals surface area (Å²) in [5.74, 6) is 0.0830. The molecule has 1 saturated carbocycles. The van der Waals surface area contributed by atoms with Gasteiger partial charge in [-0.05, 0) is 59.4 Å². The second kappa shape index (κ2) is 4.87. The van der Waals surface area contributed by atoms with Crippen molar-refractivity contribution in [1.82, 2.24) is 9.47 Å². The third-order valence-electron chi connectivity index (χ3n) is 4.96. The lowest BCUT2D eigenvalue weighted by molar-refractivity contribution is 0.000300. The van der Waals surface area contributed by atoms with E-state index in [0.717, 1.165) is 30.6 Å². The second-order valence-electron chi connectivity index (χ2n) is 7.20. The summed E-state index contributed by atoms with van der Waals surface area (Å²) in [5, 5.41) is 10.3. The largest absolute Gasteiger partial charge is 0.388 e. The van der Waals surface area contributed by atoms with Gasteiger partial charge in [0.1, 0.15) is 0 Å². The molecular formula is C17H26N2O2. The second-order valence-corrected chi connectivity index (χ2v) is 7.20. The lowest BCUT2D eigenvalue weighted by atomic mass is 9.96. The van der Waals surface area contributed by atoms with Crippen molar-refractivity contribution in [2.45, 2.75) is 71.1 Å². The van der Waals surface area contributed by atoms with Crippen molar-refractivity contribution in [3.8, 4) is 0 Å². The molecule has 1 aromatic rings. The minimum Gasteiger partial charge on any atom is -0.388 e. The van der Waals surface area contributed by atoms with Crippen LogP contribution in [0.5, 0.6) is 0 Å². The Morgan fingerprint density at radius 2 is 1.95 bits per heavy atom. The molecule has 1 N–H and O–H groups in total. The van der Waals surface area contributed by atoms with Gasteiger partial charge >= 0.3 is 0 Å². The van der Waals surface area contributed by atoms with Crippen LogP contribution in [0.25, 0.3) is 0 Å². The van der Waals surface area contributed by atoms with Crippen LogP contribution < -0.4 is 0 Å². The molecule has 1 saturated heterocycles. The fraction of sp³-hybridized carbons (Fsp3) is 0.706. The highest BCUT2D eigenvalue weighted by molar-refractivity contribution is 5.96. The average molecular weight is 290 g/mol. The molecule has 1 aliphatic carbocycles. The molecule has 1 aromatic heterocycles. The van der Waals surface area contributed by atoms with Gasteiger partial charge < -0.3 is 14.6 Å². The molecule has 1 unspecified atom stereocenters. The lowest BCUT2D eigenvalue weighted by Gasteiger charge is -2.33. The molecule has 116 valence electrons. The normalized spacial score (nSPS) is 22.9. The molecule has 0 spiro atoms. The summed E-state index contributed by atoms with van der Waals surface area (Å²) >= 11 is 0. The molecule has 21 heavy (non-hydrogen) atoms. The Morgan fingerprint density at radius 1 is 1.29 bits per heavy atom. The van der Waals surface area contributed by atoms with Crippen molar-refractivity contribution in [3.05, 3.63) is 23.0 Å². The predicted molar refractivity (Wildman–Crippen MR) is 82.5 cm³/mol. The molecule has 2 heterocycles. The van der Waals surface area contributed by atoms with Gasteiger partial charge in [-0.15, -0.1) is 0 Å².